The van der Waals surface area contributed by atoms with E-state index in [9.17, 15) is 9.59 Å². The zero-order chi connectivity index (χ0) is 22.5. The van der Waals surface area contributed by atoms with E-state index < -0.39 is 5.97 Å². The fraction of sp³-hybridized carbons (Fsp3) is 0.600. The maximum absolute atomic E-state index is 12.5. The summed E-state index contributed by atoms with van der Waals surface area (Å²) in [5.41, 5.74) is 2.42. The predicted octanol–water partition coefficient (Wildman–Crippen LogP) is 3.76. The fourth-order valence-corrected chi connectivity index (χ4v) is 6.85. The van der Waals surface area contributed by atoms with Gasteiger partial charge in [-0.3, -0.25) is 4.79 Å². The van der Waals surface area contributed by atoms with Gasteiger partial charge in [-0.25, -0.2) is 14.5 Å². The van der Waals surface area contributed by atoms with Crippen LogP contribution in [-0.4, -0.2) is 39.3 Å². The molecule has 0 aliphatic heterocycles. The maximum atomic E-state index is 12.5. The molecule has 4 fully saturated rings. The molecule has 1 amide bonds. The Kier molecular flexibility index (Phi) is 5.30. The van der Waals surface area contributed by atoms with Gasteiger partial charge in [-0.05, 0) is 101 Å². The van der Waals surface area contributed by atoms with Crippen molar-refractivity contribution in [1.29, 1.82) is 0 Å². The quantitative estimate of drug-likeness (QED) is 0.697. The van der Waals surface area contributed by atoms with Gasteiger partial charge in [0.2, 0.25) is 0 Å². The van der Waals surface area contributed by atoms with Crippen molar-refractivity contribution in [3.63, 3.8) is 0 Å². The lowest BCUT2D eigenvalue weighted by molar-refractivity contribution is -0.128. The molecule has 2 aromatic heterocycles. The van der Waals surface area contributed by atoms with Crippen molar-refractivity contribution >= 4 is 11.9 Å². The van der Waals surface area contributed by atoms with Crippen LogP contribution >= 0.6 is 0 Å². The predicted molar refractivity (Wildman–Crippen MR) is 119 cm³/mol. The lowest BCUT2D eigenvalue weighted by Crippen LogP contribution is -2.56. The lowest BCUT2D eigenvalue weighted by Gasteiger charge is -2.59. The Bertz CT molecular complexity index is 991. The molecule has 0 aromatic carbocycles. The Morgan fingerprint density at radius 3 is 2.34 bits per heavy atom. The Hall–Kier alpha value is -2.70. The van der Waals surface area contributed by atoms with Crippen molar-refractivity contribution in [3.05, 3.63) is 41.3 Å². The zero-order valence-electron chi connectivity index (χ0n) is 19.1. The molecule has 4 aliphatic carbocycles. The summed E-state index contributed by atoms with van der Waals surface area (Å²) < 4.78 is 7.00. The maximum Gasteiger partial charge on any atom is 0.340 e. The second kappa shape index (κ2) is 8.01. The van der Waals surface area contributed by atoms with Gasteiger partial charge < -0.3 is 10.1 Å². The minimum absolute atomic E-state index is 0.115. The molecule has 0 unspecified atom stereocenters. The first-order valence-electron chi connectivity index (χ1n) is 11.8. The highest BCUT2D eigenvalue weighted by Gasteiger charge is 2.53. The molecule has 0 saturated heterocycles. The number of rotatable bonds is 6. The van der Waals surface area contributed by atoms with Crippen LogP contribution in [-0.2, 0) is 9.53 Å². The zero-order valence-corrected chi connectivity index (χ0v) is 19.1. The third-order valence-electron chi connectivity index (χ3n) is 7.93. The fourth-order valence-electron chi connectivity index (χ4n) is 6.85. The average molecular weight is 437 g/mol. The van der Waals surface area contributed by atoms with E-state index in [1.165, 1.54) is 44.7 Å². The van der Waals surface area contributed by atoms with E-state index in [0.29, 0.717) is 11.4 Å². The number of ether oxygens (including phenoxy) is 1. The first-order chi connectivity index (χ1) is 15.3. The number of amides is 1. The molecule has 4 saturated carbocycles. The van der Waals surface area contributed by atoms with Crippen LogP contribution in [0.15, 0.2) is 24.4 Å². The van der Waals surface area contributed by atoms with Crippen molar-refractivity contribution in [2.75, 3.05) is 6.61 Å². The molecular weight excluding hydrogens is 404 g/mol. The smallest absolute Gasteiger partial charge is 0.340 e. The number of aromatic nitrogens is 3. The molecule has 1 atom stereocenters. The molecule has 1 N–H and O–H groups in total. The highest BCUT2D eigenvalue weighted by atomic mass is 16.5. The van der Waals surface area contributed by atoms with Crippen LogP contribution in [0.1, 0.15) is 67.2 Å². The Morgan fingerprint density at radius 2 is 1.81 bits per heavy atom. The van der Waals surface area contributed by atoms with E-state index in [0.717, 1.165) is 29.1 Å². The van der Waals surface area contributed by atoms with Crippen molar-refractivity contribution in [1.82, 2.24) is 20.1 Å². The Labute approximate surface area is 188 Å². The van der Waals surface area contributed by atoms with Crippen LogP contribution in [0.3, 0.4) is 0 Å². The summed E-state index contributed by atoms with van der Waals surface area (Å²) in [5.74, 6) is 2.37. The van der Waals surface area contributed by atoms with Crippen LogP contribution in [0.2, 0.25) is 0 Å². The van der Waals surface area contributed by atoms with Crippen LogP contribution in [0, 0.1) is 37.0 Å². The van der Waals surface area contributed by atoms with E-state index in [1.54, 1.807) is 16.8 Å². The Balaban J connectivity index is 1.15. The molecule has 32 heavy (non-hydrogen) atoms. The monoisotopic (exact) mass is 436 g/mol. The van der Waals surface area contributed by atoms with Gasteiger partial charge in [0.1, 0.15) is 0 Å². The normalized spacial score (nSPS) is 29.0. The highest BCUT2D eigenvalue weighted by Crippen LogP contribution is 2.61. The molecule has 170 valence electrons. The molecule has 2 aromatic rings. The summed E-state index contributed by atoms with van der Waals surface area (Å²) in [4.78, 5) is 29.3. The summed E-state index contributed by atoms with van der Waals surface area (Å²) >= 11 is 0. The van der Waals surface area contributed by atoms with Crippen LogP contribution in [0.5, 0.6) is 0 Å². The SMILES string of the molecule is Cc1cc(C)n(-c2ccc(C(=O)OCC(=O)N[C@H](C)C34CC5CC(CC(C5)C3)C4)cn2)n1. The van der Waals surface area contributed by atoms with Gasteiger partial charge in [0.25, 0.3) is 5.91 Å². The van der Waals surface area contributed by atoms with Gasteiger partial charge in [-0.1, -0.05) is 0 Å². The third kappa shape index (κ3) is 3.93. The Morgan fingerprint density at radius 1 is 1.16 bits per heavy atom. The molecular formula is C25H32N4O3. The van der Waals surface area contributed by atoms with Crippen LogP contribution in [0.25, 0.3) is 5.82 Å². The van der Waals surface area contributed by atoms with E-state index in [4.69, 9.17) is 4.74 Å². The van der Waals surface area contributed by atoms with Crippen molar-refractivity contribution < 1.29 is 14.3 Å². The first kappa shape index (κ1) is 21.2. The second-order valence-electron chi connectivity index (χ2n) is 10.4. The van der Waals surface area contributed by atoms with Crippen LogP contribution in [0.4, 0.5) is 0 Å². The number of carbonyl (C=O) groups excluding carboxylic acids is 2. The van der Waals surface area contributed by atoms with Gasteiger partial charge in [0.05, 0.1) is 11.3 Å². The second-order valence-corrected chi connectivity index (χ2v) is 10.4. The topological polar surface area (TPSA) is 86.1 Å². The molecule has 0 radical (unpaired) electrons. The van der Waals surface area contributed by atoms with E-state index in [2.05, 4.69) is 22.3 Å². The van der Waals surface area contributed by atoms with Gasteiger partial charge in [-0.2, -0.15) is 5.10 Å². The first-order valence-corrected chi connectivity index (χ1v) is 11.8. The molecule has 7 heteroatoms. The standard InChI is InChI=1S/C25H32N4O3/c1-15-6-16(2)29(28-15)22-5-4-21(13-26-22)24(31)32-14-23(30)27-17(3)25-10-18-7-19(11-25)9-20(8-18)12-25/h4-6,13,17-20H,7-12,14H2,1-3H3,(H,27,30)/t17-,18?,19?,20?,25?/m1/s1. The van der Waals surface area contributed by atoms with Crippen molar-refractivity contribution in [2.24, 2.45) is 23.2 Å². The number of aryl methyl sites for hydroxylation is 2. The summed E-state index contributed by atoms with van der Waals surface area (Å²) in [6, 6.07) is 5.46. The number of esters is 1. The number of nitrogens with zero attached hydrogens (tertiary/aromatic N) is 3. The minimum Gasteiger partial charge on any atom is -0.452 e. The molecule has 6 rings (SSSR count). The van der Waals surface area contributed by atoms with Gasteiger partial charge in [0.15, 0.2) is 12.4 Å². The molecule has 0 spiro atoms. The lowest BCUT2D eigenvalue weighted by atomic mass is 9.48. The number of hydrogen-bond donors (Lipinski definition) is 1. The number of nitrogens with one attached hydrogen (secondary N) is 1. The summed E-state index contributed by atoms with van der Waals surface area (Å²) in [7, 11) is 0. The van der Waals surface area contributed by atoms with Gasteiger partial charge >= 0.3 is 5.97 Å². The van der Waals surface area contributed by atoms with E-state index >= 15 is 0 Å². The number of carbonyl (C=O) groups is 2. The van der Waals surface area contributed by atoms with Gasteiger partial charge in [-0.15, -0.1) is 0 Å². The molecule has 4 aliphatic rings. The van der Waals surface area contributed by atoms with Crippen LogP contribution < -0.4 is 5.32 Å². The molecule has 4 bridgehead atoms. The van der Waals surface area contributed by atoms with E-state index in [-0.39, 0.29) is 24.0 Å². The van der Waals surface area contributed by atoms with Crippen molar-refractivity contribution in [2.45, 2.75) is 65.3 Å². The number of hydrogen-bond acceptors (Lipinski definition) is 5. The van der Waals surface area contributed by atoms with Crippen molar-refractivity contribution in [3.8, 4) is 5.82 Å². The average Bonchev–Trinajstić information content (AvgIpc) is 3.09. The summed E-state index contributed by atoms with van der Waals surface area (Å²) in [5, 5.41) is 7.53. The largest absolute Gasteiger partial charge is 0.452 e. The summed E-state index contributed by atoms with van der Waals surface area (Å²) in [6.45, 7) is 5.74. The van der Waals surface area contributed by atoms with Gasteiger partial charge in [0, 0.05) is 17.9 Å². The number of pyridine rings is 1. The summed E-state index contributed by atoms with van der Waals surface area (Å²) in [6.07, 6.45) is 9.29. The van der Waals surface area contributed by atoms with E-state index in [1.807, 2.05) is 19.9 Å². The highest BCUT2D eigenvalue weighted by molar-refractivity contribution is 5.91. The molecule has 7 nitrogen and oxygen atoms in total. The minimum atomic E-state index is -0.546. The third-order valence-corrected chi connectivity index (χ3v) is 7.93. The molecule has 2 heterocycles.